The summed E-state index contributed by atoms with van der Waals surface area (Å²) in [4.78, 5) is 12.9. The topological polar surface area (TPSA) is 135 Å². The lowest BCUT2D eigenvalue weighted by molar-refractivity contribution is -0.305. The Kier molecular flexibility index (Phi) is 43.5. The van der Waals surface area contributed by atoms with Gasteiger partial charge >= 0.3 is 5.97 Å². The van der Waals surface area contributed by atoms with Crippen LogP contribution in [0, 0.1) is 0 Å². The molecular formula is C55H100O9. The fourth-order valence-corrected chi connectivity index (χ4v) is 8.09. The van der Waals surface area contributed by atoms with Gasteiger partial charge in [-0.2, -0.15) is 0 Å². The molecule has 0 aromatic carbocycles. The number of carbonyl (C=O) groups is 1. The largest absolute Gasteiger partial charge is 0.457 e. The Bertz CT molecular complexity index is 1120. The van der Waals surface area contributed by atoms with Crippen molar-refractivity contribution < 1.29 is 44.2 Å². The number of aliphatic hydroxyl groups is 4. The van der Waals surface area contributed by atoms with Crippen LogP contribution in [0.4, 0.5) is 0 Å². The standard InChI is InChI=1S/C55H100O9/c1-3-5-7-9-11-13-15-17-19-21-22-23-24-25-26-27-28-29-30-32-34-36-38-40-42-44-51(57)63-49(48-62-55-54(60)53(59)52(58)50(46-56)64-55)47-61-45-43-41-39-37-35-33-31-20-18-16-14-12-10-8-6-4-2/h6,8,12,14,18,20-22,49-50,52-56,58-60H,3-5,7,9-11,13,15-17,19,23-48H2,1-2H3/b8-6-,14-12-,20-18-,22-21-. The van der Waals surface area contributed by atoms with Crippen LogP contribution in [0.15, 0.2) is 48.6 Å². The van der Waals surface area contributed by atoms with Gasteiger partial charge in [-0.3, -0.25) is 4.79 Å². The molecule has 6 atom stereocenters. The third-order valence-electron chi connectivity index (χ3n) is 12.2. The van der Waals surface area contributed by atoms with E-state index in [1.807, 2.05) is 0 Å². The van der Waals surface area contributed by atoms with Gasteiger partial charge < -0.3 is 39.4 Å². The molecule has 1 fully saturated rings. The maximum absolute atomic E-state index is 12.9. The first-order chi connectivity index (χ1) is 31.4. The highest BCUT2D eigenvalue weighted by molar-refractivity contribution is 5.69. The van der Waals surface area contributed by atoms with E-state index in [4.69, 9.17) is 18.9 Å². The fraction of sp³-hybridized carbons (Fsp3) is 0.836. The molecule has 0 amide bonds. The Hall–Kier alpha value is -1.85. The van der Waals surface area contributed by atoms with Gasteiger partial charge in [-0.05, 0) is 70.6 Å². The summed E-state index contributed by atoms with van der Waals surface area (Å²) in [5.41, 5.74) is 0. The fourth-order valence-electron chi connectivity index (χ4n) is 8.09. The zero-order valence-electron chi connectivity index (χ0n) is 41.3. The summed E-state index contributed by atoms with van der Waals surface area (Å²) in [6, 6.07) is 0. The van der Waals surface area contributed by atoms with E-state index in [0.29, 0.717) is 13.0 Å². The molecule has 1 aliphatic heterocycles. The smallest absolute Gasteiger partial charge is 0.306 e. The lowest BCUT2D eigenvalue weighted by Gasteiger charge is -2.39. The molecule has 0 aromatic rings. The monoisotopic (exact) mass is 905 g/mol. The molecule has 0 aliphatic carbocycles. The van der Waals surface area contributed by atoms with Gasteiger partial charge in [-0.25, -0.2) is 0 Å². The Morgan fingerprint density at radius 2 is 0.953 bits per heavy atom. The van der Waals surface area contributed by atoms with Gasteiger partial charge in [-0.15, -0.1) is 0 Å². The van der Waals surface area contributed by atoms with Crippen LogP contribution in [0.5, 0.6) is 0 Å². The maximum atomic E-state index is 12.9. The van der Waals surface area contributed by atoms with Crippen LogP contribution < -0.4 is 0 Å². The van der Waals surface area contributed by atoms with Crippen LogP contribution in [-0.4, -0.2) is 89.6 Å². The van der Waals surface area contributed by atoms with Crippen molar-refractivity contribution in [1.29, 1.82) is 0 Å². The maximum Gasteiger partial charge on any atom is 0.306 e. The molecule has 0 bridgehead atoms. The number of aliphatic hydroxyl groups excluding tert-OH is 4. The molecule has 0 aromatic heterocycles. The number of esters is 1. The first-order valence-corrected chi connectivity index (χ1v) is 26.7. The third kappa shape index (κ3) is 36.3. The average Bonchev–Trinajstić information content (AvgIpc) is 3.30. The SMILES string of the molecule is CC/C=C\C/C=C\C/C=C\CCCCCCCCOCC(COC1OC(CO)C(O)C(O)C1O)OC(=O)CCCCCCCCCCCCCCC/C=C\CCCCCCCCCC. The van der Waals surface area contributed by atoms with Crippen molar-refractivity contribution in [2.24, 2.45) is 0 Å². The molecule has 0 saturated carbocycles. The van der Waals surface area contributed by atoms with Crippen LogP contribution in [0.2, 0.25) is 0 Å². The molecule has 4 N–H and O–H groups in total. The second-order valence-electron chi connectivity index (χ2n) is 18.3. The van der Waals surface area contributed by atoms with Gasteiger partial charge in [0.2, 0.25) is 0 Å². The van der Waals surface area contributed by atoms with E-state index in [1.165, 1.54) is 148 Å². The van der Waals surface area contributed by atoms with Gasteiger partial charge in [-0.1, -0.05) is 204 Å². The van der Waals surface area contributed by atoms with E-state index in [-0.39, 0.29) is 19.2 Å². The number of hydrogen-bond donors (Lipinski definition) is 4. The molecule has 6 unspecified atom stereocenters. The van der Waals surface area contributed by atoms with Gasteiger partial charge in [0.1, 0.15) is 30.5 Å². The number of allylic oxidation sites excluding steroid dienone is 8. The highest BCUT2D eigenvalue weighted by Crippen LogP contribution is 2.23. The number of rotatable bonds is 46. The Balaban J connectivity index is 2.16. The first-order valence-electron chi connectivity index (χ1n) is 26.7. The number of unbranched alkanes of at least 4 members (excludes halogenated alkanes) is 27. The third-order valence-corrected chi connectivity index (χ3v) is 12.2. The molecule has 64 heavy (non-hydrogen) atoms. The second-order valence-corrected chi connectivity index (χ2v) is 18.3. The minimum Gasteiger partial charge on any atom is -0.457 e. The quantitative estimate of drug-likeness (QED) is 0.0267. The minimum absolute atomic E-state index is 0.119. The molecule has 1 aliphatic rings. The zero-order chi connectivity index (χ0) is 46.4. The van der Waals surface area contributed by atoms with E-state index in [0.717, 1.165) is 64.2 Å². The molecule has 9 heteroatoms. The lowest BCUT2D eigenvalue weighted by Crippen LogP contribution is -2.59. The number of carbonyl (C=O) groups excluding carboxylic acids is 1. The normalized spacial score (nSPS) is 19.9. The first kappa shape index (κ1) is 60.2. The highest BCUT2D eigenvalue weighted by atomic mass is 16.7. The number of ether oxygens (including phenoxy) is 4. The van der Waals surface area contributed by atoms with Crippen LogP contribution in [-0.2, 0) is 23.7 Å². The minimum atomic E-state index is -1.54. The van der Waals surface area contributed by atoms with Crippen LogP contribution in [0.3, 0.4) is 0 Å². The van der Waals surface area contributed by atoms with E-state index >= 15 is 0 Å². The summed E-state index contributed by atoms with van der Waals surface area (Å²) < 4.78 is 22.9. The molecule has 1 heterocycles. The zero-order valence-corrected chi connectivity index (χ0v) is 41.3. The van der Waals surface area contributed by atoms with E-state index < -0.39 is 43.4 Å². The summed E-state index contributed by atoms with van der Waals surface area (Å²) in [5.74, 6) is -0.317. The second kappa shape index (κ2) is 46.3. The highest BCUT2D eigenvalue weighted by Gasteiger charge is 2.44. The predicted octanol–water partition coefficient (Wildman–Crippen LogP) is 13.3. The summed E-state index contributed by atoms with van der Waals surface area (Å²) in [6.45, 7) is 4.44. The molecule has 0 radical (unpaired) electrons. The van der Waals surface area contributed by atoms with Crippen molar-refractivity contribution in [2.75, 3.05) is 26.4 Å². The van der Waals surface area contributed by atoms with Crippen LogP contribution in [0.25, 0.3) is 0 Å². The summed E-state index contributed by atoms with van der Waals surface area (Å²) in [6.07, 6.45) is 51.5. The molecule has 9 nitrogen and oxygen atoms in total. The van der Waals surface area contributed by atoms with E-state index in [2.05, 4.69) is 62.5 Å². The Labute approximate surface area is 392 Å². The van der Waals surface area contributed by atoms with Crippen molar-refractivity contribution in [1.82, 2.24) is 0 Å². The van der Waals surface area contributed by atoms with Crippen molar-refractivity contribution >= 4 is 5.97 Å². The molecular weight excluding hydrogens is 805 g/mol. The number of hydrogen-bond acceptors (Lipinski definition) is 9. The predicted molar refractivity (Wildman–Crippen MR) is 265 cm³/mol. The van der Waals surface area contributed by atoms with Crippen LogP contribution in [0.1, 0.15) is 232 Å². The van der Waals surface area contributed by atoms with Gasteiger partial charge in [0.15, 0.2) is 6.29 Å². The average molecular weight is 905 g/mol. The lowest BCUT2D eigenvalue weighted by atomic mass is 9.99. The van der Waals surface area contributed by atoms with Gasteiger partial charge in [0.05, 0.1) is 19.8 Å². The van der Waals surface area contributed by atoms with Crippen LogP contribution >= 0.6 is 0 Å². The van der Waals surface area contributed by atoms with E-state index in [9.17, 15) is 25.2 Å². The van der Waals surface area contributed by atoms with Gasteiger partial charge in [0, 0.05) is 13.0 Å². The molecule has 1 saturated heterocycles. The summed E-state index contributed by atoms with van der Waals surface area (Å²) >= 11 is 0. The van der Waals surface area contributed by atoms with Gasteiger partial charge in [0.25, 0.3) is 0 Å². The van der Waals surface area contributed by atoms with E-state index in [1.54, 1.807) is 0 Å². The van der Waals surface area contributed by atoms with Crippen molar-refractivity contribution in [2.45, 2.75) is 269 Å². The molecule has 374 valence electrons. The Morgan fingerprint density at radius 3 is 1.45 bits per heavy atom. The Morgan fingerprint density at radius 1 is 0.516 bits per heavy atom. The molecule has 0 spiro atoms. The summed E-state index contributed by atoms with van der Waals surface area (Å²) in [7, 11) is 0. The summed E-state index contributed by atoms with van der Waals surface area (Å²) in [5, 5.41) is 40.3. The van der Waals surface area contributed by atoms with Crippen molar-refractivity contribution in [3.05, 3.63) is 48.6 Å². The van der Waals surface area contributed by atoms with Crippen molar-refractivity contribution in [3.63, 3.8) is 0 Å². The molecule has 1 rings (SSSR count). The van der Waals surface area contributed by atoms with Crippen molar-refractivity contribution in [3.8, 4) is 0 Å².